The average molecular weight is 318 g/mol. The first-order chi connectivity index (χ1) is 11.3. The fourth-order valence-electron chi connectivity index (χ4n) is 2.06. The summed E-state index contributed by atoms with van der Waals surface area (Å²) in [5.41, 5.74) is 0. The molecule has 23 heavy (non-hydrogen) atoms. The molecule has 1 saturated carbocycles. The summed E-state index contributed by atoms with van der Waals surface area (Å²) < 4.78 is 5.60. The molecule has 1 amide bonds. The van der Waals surface area contributed by atoms with Crippen LogP contribution in [0.5, 0.6) is 5.75 Å². The van der Waals surface area contributed by atoms with Crippen molar-refractivity contribution < 1.29 is 9.53 Å². The highest BCUT2D eigenvalue weighted by Crippen LogP contribution is 2.18. The second-order valence-electron chi connectivity index (χ2n) is 5.53. The fourth-order valence-corrected chi connectivity index (χ4v) is 2.06. The summed E-state index contributed by atoms with van der Waals surface area (Å²) in [6.07, 6.45) is 3.61. The molecule has 1 fully saturated rings. The zero-order valence-corrected chi connectivity index (χ0v) is 13.7. The second-order valence-corrected chi connectivity index (χ2v) is 5.53. The Balaban J connectivity index is 1.50. The summed E-state index contributed by atoms with van der Waals surface area (Å²) in [6, 6.07) is 10.2. The Labute approximate surface area is 137 Å². The molecule has 0 spiro atoms. The van der Waals surface area contributed by atoms with Gasteiger partial charge in [-0.05, 0) is 31.4 Å². The second kappa shape index (κ2) is 9.71. The molecule has 1 aromatic rings. The number of carbonyl (C=O) groups excluding carboxylic acids is 1. The van der Waals surface area contributed by atoms with Gasteiger partial charge in [0.15, 0.2) is 5.96 Å². The molecule has 1 aromatic carbocycles. The highest BCUT2D eigenvalue weighted by Gasteiger charge is 2.22. The summed E-state index contributed by atoms with van der Waals surface area (Å²) in [6.45, 7) is 1.95. The number of hydrogen-bond acceptors (Lipinski definition) is 3. The minimum atomic E-state index is 0.147. The van der Waals surface area contributed by atoms with Crippen LogP contribution in [0.1, 0.15) is 25.7 Å². The van der Waals surface area contributed by atoms with Crippen LogP contribution < -0.4 is 20.7 Å². The van der Waals surface area contributed by atoms with Crippen molar-refractivity contribution in [3.8, 4) is 5.75 Å². The van der Waals surface area contributed by atoms with Gasteiger partial charge in [0.1, 0.15) is 12.4 Å². The van der Waals surface area contributed by atoms with Crippen molar-refractivity contribution in [2.24, 2.45) is 4.99 Å². The van der Waals surface area contributed by atoms with Crippen LogP contribution in [0.4, 0.5) is 0 Å². The molecule has 0 radical (unpaired) electrons. The monoisotopic (exact) mass is 318 g/mol. The Kier molecular flexibility index (Phi) is 7.23. The van der Waals surface area contributed by atoms with Crippen LogP contribution in [0, 0.1) is 0 Å². The number of carbonyl (C=O) groups is 1. The number of hydrogen-bond donors (Lipinski definition) is 3. The van der Waals surface area contributed by atoms with E-state index in [0.717, 1.165) is 37.5 Å². The van der Waals surface area contributed by atoms with Crippen molar-refractivity contribution in [2.45, 2.75) is 31.7 Å². The van der Waals surface area contributed by atoms with E-state index in [2.05, 4.69) is 20.9 Å². The van der Waals surface area contributed by atoms with Crippen molar-refractivity contribution in [2.75, 3.05) is 26.7 Å². The van der Waals surface area contributed by atoms with Gasteiger partial charge in [-0.1, -0.05) is 18.2 Å². The number of benzene rings is 1. The Morgan fingerprint density at radius 2 is 1.96 bits per heavy atom. The Morgan fingerprint density at radius 1 is 1.22 bits per heavy atom. The van der Waals surface area contributed by atoms with Gasteiger partial charge in [0.25, 0.3) is 0 Å². The van der Waals surface area contributed by atoms with E-state index in [1.54, 1.807) is 7.05 Å². The molecule has 0 bridgehead atoms. The largest absolute Gasteiger partial charge is 0.492 e. The zero-order valence-electron chi connectivity index (χ0n) is 13.7. The third kappa shape index (κ3) is 7.54. The maximum Gasteiger partial charge on any atom is 0.220 e. The molecule has 126 valence electrons. The number of ether oxygens (including phenoxy) is 1. The SMILES string of the molecule is CN=C(NCCCC(=O)NC1CC1)NCCOc1ccccc1. The van der Waals surface area contributed by atoms with Crippen LogP contribution in [0.25, 0.3) is 0 Å². The predicted octanol–water partition coefficient (Wildman–Crippen LogP) is 1.29. The number of nitrogens with one attached hydrogen (secondary N) is 3. The number of nitrogens with zero attached hydrogens (tertiary/aromatic N) is 1. The van der Waals surface area contributed by atoms with E-state index < -0.39 is 0 Å². The lowest BCUT2D eigenvalue weighted by Gasteiger charge is -2.12. The minimum absolute atomic E-state index is 0.147. The van der Waals surface area contributed by atoms with E-state index in [-0.39, 0.29) is 5.91 Å². The first kappa shape index (κ1) is 17.1. The quantitative estimate of drug-likeness (QED) is 0.364. The molecule has 0 aliphatic heterocycles. The number of para-hydroxylation sites is 1. The van der Waals surface area contributed by atoms with Gasteiger partial charge >= 0.3 is 0 Å². The maximum absolute atomic E-state index is 11.6. The summed E-state index contributed by atoms with van der Waals surface area (Å²) in [5, 5.41) is 9.36. The molecule has 0 saturated heterocycles. The number of aliphatic imine (C=N–C) groups is 1. The molecule has 0 aromatic heterocycles. The molecule has 0 heterocycles. The highest BCUT2D eigenvalue weighted by molar-refractivity contribution is 5.79. The van der Waals surface area contributed by atoms with Gasteiger partial charge in [-0.15, -0.1) is 0 Å². The molecule has 3 N–H and O–H groups in total. The highest BCUT2D eigenvalue weighted by atomic mass is 16.5. The topological polar surface area (TPSA) is 74.8 Å². The lowest BCUT2D eigenvalue weighted by molar-refractivity contribution is -0.121. The molecular weight excluding hydrogens is 292 g/mol. The molecule has 1 aliphatic rings. The number of guanidine groups is 1. The predicted molar refractivity (Wildman–Crippen MR) is 91.7 cm³/mol. The summed E-state index contributed by atoms with van der Waals surface area (Å²) in [4.78, 5) is 15.7. The van der Waals surface area contributed by atoms with E-state index in [4.69, 9.17) is 4.74 Å². The van der Waals surface area contributed by atoms with Gasteiger partial charge in [-0.3, -0.25) is 9.79 Å². The Bertz CT molecular complexity index is 501. The molecule has 0 atom stereocenters. The van der Waals surface area contributed by atoms with E-state index >= 15 is 0 Å². The maximum atomic E-state index is 11.6. The van der Waals surface area contributed by atoms with Gasteiger partial charge in [-0.25, -0.2) is 0 Å². The Hall–Kier alpha value is -2.24. The lowest BCUT2D eigenvalue weighted by atomic mass is 10.3. The first-order valence-corrected chi connectivity index (χ1v) is 8.19. The van der Waals surface area contributed by atoms with Gasteiger partial charge < -0.3 is 20.7 Å². The molecule has 1 aliphatic carbocycles. The van der Waals surface area contributed by atoms with Gasteiger partial charge in [0, 0.05) is 26.1 Å². The zero-order chi connectivity index (χ0) is 16.3. The van der Waals surface area contributed by atoms with Gasteiger partial charge in [-0.2, -0.15) is 0 Å². The van der Waals surface area contributed by atoms with Crippen molar-refractivity contribution in [3.63, 3.8) is 0 Å². The standard InChI is InChI=1S/C17H26N4O2/c1-18-17(19-11-5-8-16(22)21-14-9-10-14)20-12-13-23-15-6-3-2-4-7-15/h2-4,6-7,14H,5,8-13H2,1H3,(H,21,22)(H2,18,19,20). The van der Waals surface area contributed by atoms with Crippen LogP contribution in [0.2, 0.25) is 0 Å². The summed E-state index contributed by atoms with van der Waals surface area (Å²) in [7, 11) is 1.73. The fraction of sp³-hybridized carbons (Fsp3) is 0.529. The Morgan fingerprint density at radius 3 is 2.65 bits per heavy atom. The summed E-state index contributed by atoms with van der Waals surface area (Å²) in [5.74, 6) is 1.73. The van der Waals surface area contributed by atoms with Gasteiger partial charge in [0.05, 0.1) is 6.54 Å². The van der Waals surface area contributed by atoms with Crippen molar-refractivity contribution in [1.82, 2.24) is 16.0 Å². The van der Waals surface area contributed by atoms with Crippen molar-refractivity contribution in [1.29, 1.82) is 0 Å². The van der Waals surface area contributed by atoms with E-state index in [9.17, 15) is 4.79 Å². The van der Waals surface area contributed by atoms with Crippen LogP contribution in [-0.4, -0.2) is 44.7 Å². The van der Waals surface area contributed by atoms with E-state index in [1.165, 1.54) is 0 Å². The third-order valence-electron chi connectivity index (χ3n) is 3.45. The average Bonchev–Trinajstić information content (AvgIpc) is 3.38. The van der Waals surface area contributed by atoms with Crippen molar-refractivity contribution >= 4 is 11.9 Å². The molecular formula is C17H26N4O2. The normalized spacial score (nSPS) is 14.2. The third-order valence-corrected chi connectivity index (χ3v) is 3.45. The molecule has 6 nitrogen and oxygen atoms in total. The van der Waals surface area contributed by atoms with Crippen LogP contribution in [0.3, 0.4) is 0 Å². The lowest BCUT2D eigenvalue weighted by Crippen LogP contribution is -2.40. The number of amides is 1. The molecule has 6 heteroatoms. The van der Waals surface area contributed by atoms with Crippen molar-refractivity contribution in [3.05, 3.63) is 30.3 Å². The van der Waals surface area contributed by atoms with E-state index in [0.29, 0.717) is 25.6 Å². The van der Waals surface area contributed by atoms with Gasteiger partial charge in [0.2, 0.25) is 5.91 Å². The first-order valence-electron chi connectivity index (χ1n) is 8.19. The minimum Gasteiger partial charge on any atom is -0.492 e. The van der Waals surface area contributed by atoms with Crippen LogP contribution >= 0.6 is 0 Å². The molecule has 0 unspecified atom stereocenters. The number of rotatable bonds is 9. The summed E-state index contributed by atoms with van der Waals surface area (Å²) >= 11 is 0. The smallest absolute Gasteiger partial charge is 0.220 e. The van der Waals surface area contributed by atoms with Crippen LogP contribution in [0.15, 0.2) is 35.3 Å². The molecule has 2 rings (SSSR count). The van der Waals surface area contributed by atoms with E-state index in [1.807, 2.05) is 30.3 Å². The van der Waals surface area contributed by atoms with Crippen LogP contribution in [-0.2, 0) is 4.79 Å².